The Bertz CT molecular complexity index is 506. The lowest BCUT2D eigenvalue weighted by Crippen LogP contribution is -2.54. The second-order valence-corrected chi connectivity index (χ2v) is 5.56. The molecule has 1 aromatic carbocycles. The second-order valence-electron chi connectivity index (χ2n) is 5.56. The van der Waals surface area contributed by atoms with Crippen LogP contribution in [0.3, 0.4) is 0 Å². The van der Waals surface area contributed by atoms with E-state index in [1.807, 2.05) is 0 Å². The minimum atomic E-state index is -0.106. The monoisotopic (exact) mass is 292 g/mol. The number of hydrogen-bond acceptors (Lipinski definition) is 5. The summed E-state index contributed by atoms with van der Waals surface area (Å²) in [6.07, 6.45) is 0. The van der Waals surface area contributed by atoms with Crippen molar-refractivity contribution in [2.75, 3.05) is 53.1 Å². The van der Waals surface area contributed by atoms with Gasteiger partial charge >= 0.3 is 0 Å². The van der Waals surface area contributed by atoms with Gasteiger partial charge in [0.2, 0.25) is 0 Å². The Labute approximate surface area is 125 Å². The van der Waals surface area contributed by atoms with Crippen molar-refractivity contribution in [1.29, 1.82) is 0 Å². The van der Waals surface area contributed by atoms with Crippen LogP contribution in [0.15, 0.2) is 18.2 Å². The molecular formula is C15H24N4O2. The number of amides is 1. The van der Waals surface area contributed by atoms with Gasteiger partial charge in [0, 0.05) is 37.8 Å². The summed E-state index contributed by atoms with van der Waals surface area (Å²) in [5, 5.41) is 2.98. The first-order chi connectivity index (χ1) is 10.0. The van der Waals surface area contributed by atoms with Crippen molar-refractivity contribution < 1.29 is 9.53 Å². The van der Waals surface area contributed by atoms with Crippen molar-refractivity contribution >= 4 is 11.6 Å². The molecule has 1 saturated heterocycles. The molecule has 0 saturated carbocycles. The summed E-state index contributed by atoms with van der Waals surface area (Å²) in [5.74, 6) is 0.478. The summed E-state index contributed by atoms with van der Waals surface area (Å²) in [5.41, 5.74) is 6.86. The molecule has 0 spiro atoms. The molecule has 1 fully saturated rings. The molecule has 3 N–H and O–H groups in total. The van der Waals surface area contributed by atoms with Crippen LogP contribution in [0.4, 0.5) is 5.69 Å². The number of piperazine rings is 1. The molecule has 2 rings (SSSR count). The van der Waals surface area contributed by atoms with Crippen molar-refractivity contribution in [2.45, 2.75) is 6.04 Å². The number of carbonyl (C=O) groups is 1. The van der Waals surface area contributed by atoms with E-state index in [0.717, 1.165) is 19.6 Å². The third kappa shape index (κ3) is 3.86. The van der Waals surface area contributed by atoms with E-state index in [-0.39, 0.29) is 5.91 Å². The fourth-order valence-corrected chi connectivity index (χ4v) is 2.51. The van der Waals surface area contributed by atoms with Gasteiger partial charge in [0.1, 0.15) is 5.75 Å². The van der Waals surface area contributed by atoms with E-state index >= 15 is 0 Å². The van der Waals surface area contributed by atoms with Crippen LogP contribution in [0.25, 0.3) is 0 Å². The number of carbonyl (C=O) groups excluding carboxylic acids is 1. The smallest absolute Gasteiger partial charge is 0.251 e. The van der Waals surface area contributed by atoms with Crippen LogP contribution >= 0.6 is 0 Å². The van der Waals surface area contributed by atoms with Gasteiger partial charge in [0.05, 0.1) is 12.8 Å². The van der Waals surface area contributed by atoms with Crippen LogP contribution in [-0.2, 0) is 0 Å². The van der Waals surface area contributed by atoms with Gasteiger partial charge in [-0.15, -0.1) is 0 Å². The first-order valence-corrected chi connectivity index (χ1v) is 7.11. The van der Waals surface area contributed by atoms with Crippen molar-refractivity contribution in [2.24, 2.45) is 0 Å². The molecule has 1 aliphatic rings. The summed E-state index contributed by atoms with van der Waals surface area (Å²) >= 11 is 0. The average Bonchev–Trinajstić information content (AvgIpc) is 2.47. The highest BCUT2D eigenvalue weighted by atomic mass is 16.5. The number of nitrogen functional groups attached to an aromatic ring is 1. The number of ether oxygens (including phenoxy) is 1. The third-order valence-electron chi connectivity index (χ3n) is 3.97. The van der Waals surface area contributed by atoms with Crippen molar-refractivity contribution in [3.05, 3.63) is 23.8 Å². The lowest BCUT2D eigenvalue weighted by atomic mass is 10.1. The lowest BCUT2D eigenvalue weighted by Gasteiger charge is -2.37. The summed E-state index contributed by atoms with van der Waals surface area (Å²) < 4.78 is 5.09. The van der Waals surface area contributed by atoms with E-state index in [1.54, 1.807) is 25.3 Å². The molecule has 6 heteroatoms. The molecule has 0 radical (unpaired) electrons. The van der Waals surface area contributed by atoms with Gasteiger partial charge in [0.25, 0.3) is 5.91 Å². The van der Waals surface area contributed by atoms with Crippen molar-refractivity contribution in [3.63, 3.8) is 0 Å². The number of methoxy groups -OCH3 is 1. The summed E-state index contributed by atoms with van der Waals surface area (Å²) in [4.78, 5) is 16.7. The van der Waals surface area contributed by atoms with Crippen molar-refractivity contribution in [3.8, 4) is 5.75 Å². The number of anilines is 1. The Morgan fingerprint density at radius 3 is 2.86 bits per heavy atom. The highest BCUT2D eigenvalue weighted by molar-refractivity contribution is 5.95. The van der Waals surface area contributed by atoms with Gasteiger partial charge in [-0.05, 0) is 32.3 Å². The molecule has 1 atom stereocenters. The number of nitrogens with one attached hydrogen (secondary N) is 1. The van der Waals surface area contributed by atoms with Crippen LogP contribution in [0.1, 0.15) is 10.4 Å². The Hall–Kier alpha value is -1.79. The second kappa shape index (κ2) is 6.78. The van der Waals surface area contributed by atoms with E-state index in [9.17, 15) is 4.79 Å². The minimum absolute atomic E-state index is 0.106. The van der Waals surface area contributed by atoms with Gasteiger partial charge in [-0.1, -0.05) is 0 Å². The zero-order valence-corrected chi connectivity index (χ0v) is 12.9. The van der Waals surface area contributed by atoms with E-state index in [1.165, 1.54) is 0 Å². The first-order valence-electron chi connectivity index (χ1n) is 7.11. The molecule has 1 heterocycles. The largest absolute Gasteiger partial charge is 0.495 e. The summed E-state index contributed by atoms with van der Waals surface area (Å²) in [6, 6.07) is 5.42. The predicted molar refractivity (Wildman–Crippen MR) is 83.7 cm³/mol. The molecule has 1 aromatic rings. The van der Waals surface area contributed by atoms with Gasteiger partial charge in [-0.2, -0.15) is 0 Å². The predicted octanol–water partition coefficient (Wildman–Crippen LogP) is 0.253. The fraction of sp³-hybridized carbons (Fsp3) is 0.533. The normalized spacial score (nSPS) is 20.2. The fourth-order valence-electron chi connectivity index (χ4n) is 2.51. The highest BCUT2D eigenvalue weighted by Gasteiger charge is 2.22. The zero-order valence-electron chi connectivity index (χ0n) is 12.9. The van der Waals surface area contributed by atoms with Gasteiger partial charge in [0.15, 0.2) is 0 Å². The lowest BCUT2D eigenvalue weighted by molar-refractivity contribution is 0.0881. The van der Waals surface area contributed by atoms with Gasteiger partial charge in [-0.3, -0.25) is 9.69 Å². The van der Waals surface area contributed by atoms with Crippen LogP contribution in [0, 0.1) is 0 Å². The molecule has 1 aliphatic heterocycles. The Morgan fingerprint density at radius 2 is 2.19 bits per heavy atom. The number of hydrogen-bond donors (Lipinski definition) is 2. The van der Waals surface area contributed by atoms with Gasteiger partial charge in [-0.25, -0.2) is 0 Å². The van der Waals surface area contributed by atoms with E-state index in [0.29, 0.717) is 29.6 Å². The SMILES string of the molecule is COc1ccc(C(=O)NCC2CN(C)CCN2C)cc1N. The van der Waals surface area contributed by atoms with Crippen LogP contribution in [0.2, 0.25) is 0 Å². The van der Waals surface area contributed by atoms with Crippen LogP contribution < -0.4 is 15.8 Å². The molecule has 116 valence electrons. The molecule has 1 amide bonds. The standard InChI is InChI=1S/C15H24N4O2/c1-18-6-7-19(2)12(10-18)9-17-15(20)11-4-5-14(21-3)13(16)8-11/h4-5,8,12H,6-7,9-10,16H2,1-3H3,(H,17,20). The molecule has 0 aliphatic carbocycles. The molecule has 1 unspecified atom stereocenters. The number of rotatable bonds is 4. The number of likely N-dealkylation sites (N-methyl/N-ethyl adjacent to an activating group) is 2. The Morgan fingerprint density at radius 1 is 1.43 bits per heavy atom. The number of benzene rings is 1. The average molecular weight is 292 g/mol. The zero-order chi connectivity index (χ0) is 15.4. The van der Waals surface area contributed by atoms with Gasteiger partial charge < -0.3 is 20.7 Å². The Kier molecular flexibility index (Phi) is 5.03. The highest BCUT2D eigenvalue weighted by Crippen LogP contribution is 2.21. The minimum Gasteiger partial charge on any atom is -0.495 e. The van der Waals surface area contributed by atoms with Crippen LogP contribution in [-0.4, -0.2) is 69.1 Å². The quantitative estimate of drug-likeness (QED) is 0.779. The number of nitrogens with zero attached hydrogens (tertiary/aromatic N) is 2. The molecule has 6 nitrogen and oxygen atoms in total. The molecule has 0 bridgehead atoms. The van der Waals surface area contributed by atoms with E-state index in [2.05, 4.69) is 29.2 Å². The molecule has 21 heavy (non-hydrogen) atoms. The maximum Gasteiger partial charge on any atom is 0.251 e. The van der Waals surface area contributed by atoms with E-state index < -0.39 is 0 Å². The van der Waals surface area contributed by atoms with Crippen LogP contribution in [0.5, 0.6) is 5.75 Å². The summed E-state index contributed by atoms with van der Waals surface area (Å²) in [7, 11) is 5.75. The maximum atomic E-state index is 12.2. The molecular weight excluding hydrogens is 268 g/mol. The summed E-state index contributed by atoms with van der Waals surface area (Å²) in [6.45, 7) is 3.68. The maximum absolute atomic E-state index is 12.2. The van der Waals surface area contributed by atoms with E-state index in [4.69, 9.17) is 10.5 Å². The Balaban J connectivity index is 1.93. The first kappa shape index (κ1) is 15.6. The third-order valence-corrected chi connectivity index (χ3v) is 3.97. The molecule has 0 aromatic heterocycles. The topological polar surface area (TPSA) is 70.8 Å². The van der Waals surface area contributed by atoms with Crippen molar-refractivity contribution in [1.82, 2.24) is 15.1 Å². The number of nitrogens with two attached hydrogens (primary N) is 1.